The van der Waals surface area contributed by atoms with Gasteiger partial charge >= 0.3 is 0 Å². The number of hydrogen-bond donors (Lipinski definition) is 1. The van der Waals surface area contributed by atoms with Gasteiger partial charge in [0.05, 0.1) is 23.8 Å². The molecule has 0 amide bonds. The minimum Gasteiger partial charge on any atom is -0.367 e. The van der Waals surface area contributed by atoms with Crippen LogP contribution in [0.15, 0.2) is 42.6 Å². The Morgan fingerprint density at radius 1 is 1.04 bits per heavy atom. The summed E-state index contributed by atoms with van der Waals surface area (Å²) in [6.45, 7) is 2.91. The Morgan fingerprint density at radius 2 is 1.71 bits per heavy atom. The number of nitrogens with zero attached hydrogens (tertiary/aromatic N) is 3. The first-order valence-corrected chi connectivity index (χ1v) is 9.50. The van der Waals surface area contributed by atoms with Gasteiger partial charge in [-0.1, -0.05) is 12.1 Å². The van der Waals surface area contributed by atoms with Crippen LogP contribution in [-0.4, -0.2) is 45.8 Å². The number of hydrogen-bond acceptors (Lipinski definition) is 5. The van der Waals surface area contributed by atoms with Gasteiger partial charge in [-0.15, -0.1) is 0 Å². The largest absolute Gasteiger partial charge is 0.367 e. The summed E-state index contributed by atoms with van der Waals surface area (Å²) in [6.07, 6.45) is 2.73. The zero-order chi connectivity index (χ0) is 17.2. The van der Waals surface area contributed by atoms with E-state index in [4.69, 9.17) is 0 Å². The molecule has 1 aliphatic rings. The highest BCUT2D eigenvalue weighted by molar-refractivity contribution is 7.92. The average Bonchev–Trinajstić information content (AvgIpc) is 2.55. The fraction of sp³-hybridized carbons (Fsp3) is 0.312. The summed E-state index contributed by atoms with van der Waals surface area (Å²) in [5.41, 5.74) is 1.55. The second kappa shape index (κ2) is 6.64. The summed E-state index contributed by atoms with van der Waals surface area (Å²) in [4.78, 5) is 8.30. The minimum atomic E-state index is -3.33. The first-order valence-electron chi connectivity index (χ1n) is 7.61. The Balaban J connectivity index is 1.63. The standard InChI is InChI=1S/C16H19FN4O2S/c1-24(22,23)19-16-7-6-13(12-18-16)20-8-10-21(11-9-20)15-5-3-2-4-14(15)17/h2-7,12H,8-11H2,1H3,(H,18,19). The van der Waals surface area contributed by atoms with Gasteiger partial charge in [-0.25, -0.2) is 17.8 Å². The summed E-state index contributed by atoms with van der Waals surface area (Å²) in [7, 11) is -3.33. The van der Waals surface area contributed by atoms with Gasteiger partial charge in [0.25, 0.3) is 0 Å². The molecule has 1 aliphatic heterocycles. The molecule has 1 fully saturated rings. The topological polar surface area (TPSA) is 65.5 Å². The van der Waals surface area contributed by atoms with Crippen molar-refractivity contribution in [3.63, 3.8) is 0 Å². The SMILES string of the molecule is CS(=O)(=O)Nc1ccc(N2CCN(c3ccccc3F)CC2)cn1. The van der Waals surface area contributed by atoms with E-state index in [2.05, 4.69) is 14.6 Å². The lowest BCUT2D eigenvalue weighted by Gasteiger charge is -2.37. The molecule has 24 heavy (non-hydrogen) atoms. The van der Waals surface area contributed by atoms with E-state index >= 15 is 0 Å². The molecule has 0 bridgehead atoms. The lowest BCUT2D eigenvalue weighted by Crippen LogP contribution is -2.46. The van der Waals surface area contributed by atoms with Gasteiger partial charge in [-0.3, -0.25) is 4.72 Å². The third-order valence-corrected chi connectivity index (χ3v) is 4.46. The molecule has 128 valence electrons. The Kier molecular flexibility index (Phi) is 4.57. The Hall–Kier alpha value is -2.35. The van der Waals surface area contributed by atoms with Crippen molar-refractivity contribution in [3.8, 4) is 0 Å². The predicted octanol–water partition coefficient (Wildman–Crippen LogP) is 1.92. The number of benzene rings is 1. The molecule has 0 spiro atoms. The maximum Gasteiger partial charge on any atom is 0.230 e. The highest BCUT2D eigenvalue weighted by Gasteiger charge is 2.19. The van der Waals surface area contributed by atoms with Crippen molar-refractivity contribution in [2.45, 2.75) is 0 Å². The number of nitrogens with one attached hydrogen (secondary N) is 1. The van der Waals surface area contributed by atoms with Crippen LogP contribution in [0.1, 0.15) is 0 Å². The molecule has 1 N–H and O–H groups in total. The summed E-state index contributed by atoms with van der Waals surface area (Å²) >= 11 is 0. The van der Waals surface area contributed by atoms with Gasteiger partial charge in [0.2, 0.25) is 10.0 Å². The number of sulfonamides is 1. The molecule has 1 aromatic heterocycles. The van der Waals surface area contributed by atoms with Crippen molar-refractivity contribution in [2.24, 2.45) is 0 Å². The van der Waals surface area contributed by atoms with E-state index in [9.17, 15) is 12.8 Å². The van der Waals surface area contributed by atoms with Gasteiger partial charge in [0.15, 0.2) is 0 Å². The molecule has 2 aromatic rings. The van der Waals surface area contributed by atoms with Crippen molar-refractivity contribution in [3.05, 3.63) is 48.4 Å². The fourth-order valence-corrected chi connectivity index (χ4v) is 3.24. The molecule has 1 aromatic carbocycles. The summed E-state index contributed by atoms with van der Waals surface area (Å²) in [6, 6.07) is 10.3. The van der Waals surface area contributed by atoms with Crippen LogP contribution in [0.2, 0.25) is 0 Å². The lowest BCUT2D eigenvalue weighted by molar-refractivity contribution is 0.597. The van der Waals surface area contributed by atoms with E-state index in [1.165, 1.54) is 6.07 Å². The Bertz CT molecular complexity index is 803. The number of rotatable bonds is 4. The van der Waals surface area contributed by atoms with Gasteiger partial charge in [0, 0.05) is 26.2 Å². The predicted molar refractivity (Wildman–Crippen MR) is 93.5 cm³/mol. The number of anilines is 3. The smallest absolute Gasteiger partial charge is 0.230 e. The van der Waals surface area contributed by atoms with Crippen molar-refractivity contribution in [2.75, 3.05) is 47.0 Å². The third kappa shape index (κ3) is 3.94. The highest BCUT2D eigenvalue weighted by atomic mass is 32.2. The monoisotopic (exact) mass is 350 g/mol. The maximum absolute atomic E-state index is 13.9. The average molecular weight is 350 g/mol. The quantitative estimate of drug-likeness (QED) is 0.913. The molecule has 6 nitrogen and oxygen atoms in total. The molecule has 0 radical (unpaired) electrons. The molecule has 8 heteroatoms. The number of aromatic nitrogens is 1. The van der Waals surface area contributed by atoms with Crippen LogP contribution in [0.3, 0.4) is 0 Å². The van der Waals surface area contributed by atoms with Crippen LogP contribution < -0.4 is 14.5 Å². The van der Waals surface area contributed by atoms with E-state index in [1.807, 2.05) is 17.0 Å². The number of para-hydroxylation sites is 1. The zero-order valence-corrected chi connectivity index (χ0v) is 14.1. The summed E-state index contributed by atoms with van der Waals surface area (Å²) in [5, 5.41) is 0. The maximum atomic E-state index is 13.9. The molecule has 2 heterocycles. The molecular weight excluding hydrogens is 331 g/mol. The lowest BCUT2D eigenvalue weighted by atomic mass is 10.2. The van der Waals surface area contributed by atoms with Crippen LogP contribution in [0.25, 0.3) is 0 Å². The van der Waals surface area contributed by atoms with Crippen molar-refractivity contribution in [1.29, 1.82) is 0 Å². The molecular formula is C16H19FN4O2S. The Labute approximate surface area is 141 Å². The van der Waals surface area contributed by atoms with Crippen LogP contribution in [0, 0.1) is 5.82 Å². The van der Waals surface area contributed by atoms with E-state index < -0.39 is 10.0 Å². The first kappa shape index (κ1) is 16.5. The summed E-state index contributed by atoms with van der Waals surface area (Å²) < 4.78 is 38.6. The van der Waals surface area contributed by atoms with Crippen LogP contribution in [0.5, 0.6) is 0 Å². The van der Waals surface area contributed by atoms with Crippen molar-refractivity contribution >= 4 is 27.2 Å². The normalized spacial score (nSPS) is 15.4. The zero-order valence-electron chi connectivity index (χ0n) is 13.3. The van der Waals surface area contributed by atoms with Crippen LogP contribution >= 0.6 is 0 Å². The highest BCUT2D eigenvalue weighted by Crippen LogP contribution is 2.23. The number of halogens is 1. The molecule has 0 atom stereocenters. The van der Waals surface area contributed by atoms with E-state index in [-0.39, 0.29) is 5.82 Å². The summed E-state index contributed by atoms with van der Waals surface area (Å²) in [5.74, 6) is 0.0926. The molecule has 0 unspecified atom stereocenters. The van der Waals surface area contributed by atoms with Crippen LogP contribution in [0.4, 0.5) is 21.6 Å². The molecule has 1 saturated heterocycles. The molecule has 3 rings (SSSR count). The van der Waals surface area contributed by atoms with Gasteiger partial charge in [0.1, 0.15) is 11.6 Å². The van der Waals surface area contributed by atoms with E-state index in [0.29, 0.717) is 24.6 Å². The van der Waals surface area contributed by atoms with Gasteiger partial charge in [-0.05, 0) is 24.3 Å². The number of piperazine rings is 1. The van der Waals surface area contributed by atoms with Gasteiger partial charge < -0.3 is 9.80 Å². The second-order valence-corrected chi connectivity index (χ2v) is 7.45. The van der Waals surface area contributed by atoms with Gasteiger partial charge in [-0.2, -0.15) is 0 Å². The minimum absolute atomic E-state index is 0.205. The fourth-order valence-electron chi connectivity index (χ4n) is 2.74. The third-order valence-electron chi connectivity index (χ3n) is 3.88. The van der Waals surface area contributed by atoms with Crippen LogP contribution in [-0.2, 0) is 10.0 Å². The Morgan fingerprint density at radius 3 is 2.29 bits per heavy atom. The molecule has 0 aliphatic carbocycles. The van der Waals surface area contributed by atoms with E-state index in [1.54, 1.807) is 24.4 Å². The van der Waals surface area contributed by atoms with Crippen molar-refractivity contribution in [1.82, 2.24) is 4.98 Å². The molecule has 0 saturated carbocycles. The second-order valence-electron chi connectivity index (χ2n) is 5.70. The number of pyridine rings is 1. The van der Waals surface area contributed by atoms with Crippen molar-refractivity contribution < 1.29 is 12.8 Å². The first-order chi connectivity index (χ1) is 11.4. The van der Waals surface area contributed by atoms with E-state index in [0.717, 1.165) is 25.0 Å².